The van der Waals surface area contributed by atoms with E-state index in [0.717, 1.165) is 11.8 Å². The number of hydrogen-bond donors (Lipinski definition) is 2. The Labute approximate surface area is 89.4 Å². The summed E-state index contributed by atoms with van der Waals surface area (Å²) in [5.74, 6) is -0.488. The topological polar surface area (TPSA) is 49.3 Å². The molecule has 0 saturated heterocycles. The summed E-state index contributed by atoms with van der Waals surface area (Å²) in [6.07, 6.45) is 2.49. The van der Waals surface area contributed by atoms with Gasteiger partial charge in [0.2, 0.25) is 0 Å². The van der Waals surface area contributed by atoms with Crippen LogP contribution in [0, 0.1) is 0 Å². The number of carboxylic acids is 1. The van der Waals surface area contributed by atoms with E-state index < -0.39 is 5.97 Å². The van der Waals surface area contributed by atoms with Crippen molar-refractivity contribution in [3.63, 3.8) is 0 Å². The second-order valence-electron chi connectivity index (χ2n) is 3.60. The average molecular weight is 205 g/mol. The first kappa shape index (κ1) is 11.3. The number of carbonyl (C=O) groups is 1. The molecular formula is C12H15NO2. The van der Waals surface area contributed by atoms with Crippen molar-refractivity contribution in [2.75, 3.05) is 5.32 Å². The van der Waals surface area contributed by atoms with E-state index in [-0.39, 0.29) is 0 Å². The molecule has 80 valence electrons. The fourth-order valence-electron chi connectivity index (χ4n) is 1.20. The van der Waals surface area contributed by atoms with Crippen molar-refractivity contribution in [3.05, 3.63) is 42.1 Å². The quantitative estimate of drug-likeness (QED) is 0.743. The average Bonchev–Trinajstić information content (AvgIpc) is 2.17. The Morgan fingerprint density at radius 1 is 1.47 bits per heavy atom. The zero-order chi connectivity index (χ0) is 11.3. The summed E-state index contributed by atoms with van der Waals surface area (Å²) in [4.78, 5) is 10.2. The molecule has 0 aliphatic heterocycles. The van der Waals surface area contributed by atoms with Gasteiger partial charge in [-0.1, -0.05) is 26.0 Å². The minimum Gasteiger partial charge on any atom is -0.478 e. The van der Waals surface area contributed by atoms with Crippen LogP contribution in [0.5, 0.6) is 0 Å². The third-order valence-corrected chi connectivity index (χ3v) is 2.03. The summed E-state index contributed by atoms with van der Waals surface area (Å²) in [6, 6.07) is 7.91. The summed E-state index contributed by atoms with van der Waals surface area (Å²) in [7, 11) is 0. The summed E-state index contributed by atoms with van der Waals surface area (Å²) >= 11 is 0. The molecule has 2 N–H and O–H groups in total. The Balaban J connectivity index is 2.70. The van der Waals surface area contributed by atoms with Gasteiger partial charge in [-0.05, 0) is 23.6 Å². The lowest BCUT2D eigenvalue weighted by molar-refractivity contribution is -0.131. The van der Waals surface area contributed by atoms with E-state index in [1.165, 1.54) is 11.8 Å². The Hall–Kier alpha value is -1.77. The Kier molecular flexibility index (Phi) is 3.92. The van der Waals surface area contributed by atoms with Gasteiger partial charge in [0.15, 0.2) is 0 Å². The first-order valence-electron chi connectivity index (χ1n) is 4.85. The van der Waals surface area contributed by atoms with E-state index in [1.54, 1.807) is 0 Å². The predicted molar refractivity (Wildman–Crippen MR) is 60.9 cm³/mol. The minimum atomic E-state index is -0.956. The molecule has 0 atom stereocenters. The molecule has 0 unspecified atom stereocenters. The Morgan fingerprint density at radius 3 is 2.80 bits per heavy atom. The monoisotopic (exact) mass is 205 g/mol. The summed E-state index contributed by atoms with van der Waals surface area (Å²) < 4.78 is 0. The first-order valence-corrected chi connectivity index (χ1v) is 4.85. The van der Waals surface area contributed by atoms with E-state index in [2.05, 4.69) is 25.2 Å². The highest BCUT2D eigenvalue weighted by molar-refractivity contribution is 5.80. The molecule has 0 saturated carbocycles. The van der Waals surface area contributed by atoms with Gasteiger partial charge >= 0.3 is 5.97 Å². The van der Waals surface area contributed by atoms with Crippen molar-refractivity contribution in [1.82, 2.24) is 0 Å². The number of anilines is 1. The normalized spacial score (nSPS) is 10.9. The van der Waals surface area contributed by atoms with Crippen molar-refractivity contribution >= 4 is 11.7 Å². The molecule has 0 aliphatic carbocycles. The molecule has 0 aromatic heterocycles. The van der Waals surface area contributed by atoms with Gasteiger partial charge in [-0.25, -0.2) is 4.79 Å². The van der Waals surface area contributed by atoms with Gasteiger partial charge in [0.25, 0.3) is 0 Å². The molecule has 1 aromatic carbocycles. The number of nitrogens with one attached hydrogen (secondary N) is 1. The summed E-state index contributed by atoms with van der Waals surface area (Å²) in [5, 5.41) is 11.3. The van der Waals surface area contributed by atoms with Crippen molar-refractivity contribution < 1.29 is 9.90 Å². The largest absolute Gasteiger partial charge is 0.478 e. The minimum absolute atomic E-state index is 0.468. The number of hydrogen-bond acceptors (Lipinski definition) is 2. The molecule has 0 amide bonds. The number of rotatable bonds is 4. The van der Waals surface area contributed by atoms with E-state index >= 15 is 0 Å². The fraction of sp³-hybridized carbons (Fsp3) is 0.250. The lowest BCUT2D eigenvalue weighted by atomic mass is 10.0. The highest BCUT2D eigenvalue weighted by Crippen LogP contribution is 2.18. The van der Waals surface area contributed by atoms with Crippen LogP contribution in [0.2, 0.25) is 0 Å². The summed E-state index contributed by atoms with van der Waals surface area (Å²) in [6.45, 7) is 4.23. The van der Waals surface area contributed by atoms with Gasteiger partial charge in [0.05, 0.1) is 0 Å². The lowest BCUT2D eigenvalue weighted by Gasteiger charge is -2.07. The van der Waals surface area contributed by atoms with Gasteiger partial charge in [0.1, 0.15) is 0 Å². The van der Waals surface area contributed by atoms with Crippen LogP contribution in [0.1, 0.15) is 25.3 Å². The molecule has 0 radical (unpaired) electrons. The van der Waals surface area contributed by atoms with Crippen LogP contribution in [0.15, 0.2) is 36.5 Å². The second-order valence-corrected chi connectivity index (χ2v) is 3.60. The van der Waals surface area contributed by atoms with Crippen molar-refractivity contribution in [2.24, 2.45) is 0 Å². The van der Waals surface area contributed by atoms with Crippen LogP contribution < -0.4 is 5.32 Å². The number of benzene rings is 1. The van der Waals surface area contributed by atoms with Crippen molar-refractivity contribution in [1.29, 1.82) is 0 Å². The van der Waals surface area contributed by atoms with Crippen LogP contribution in [-0.2, 0) is 4.79 Å². The molecular weight excluding hydrogens is 190 g/mol. The molecule has 0 bridgehead atoms. The highest BCUT2D eigenvalue weighted by Gasteiger charge is 1.98. The van der Waals surface area contributed by atoms with Crippen molar-refractivity contribution in [2.45, 2.75) is 19.8 Å². The fourth-order valence-corrected chi connectivity index (χ4v) is 1.20. The zero-order valence-electron chi connectivity index (χ0n) is 8.90. The second kappa shape index (κ2) is 5.20. The number of carboxylic acid groups (broad SMARTS) is 1. The van der Waals surface area contributed by atoms with Gasteiger partial charge in [-0.2, -0.15) is 0 Å². The molecule has 0 heterocycles. The molecule has 0 fully saturated rings. The Morgan fingerprint density at radius 2 is 2.20 bits per heavy atom. The van der Waals surface area contributed by atoms with E-state index in [9.17, 15) is 4.79 Å². The zero-order valence-corrected chi connectivity index (χ0v) is 8.90. The predicted octanol–water partition coefficient (Wildman–Crippen LogP) is 2.82. The molecule has 3 heteroatoms. The molecule has 3 nitrogen and oxygen atoms in total. The number of aliphatic carboxylic acids is 1. The SMILES string of the molecule is CC(C)c1cccc(N/C=C/C(=O)O)c1. The maximum Gasteiger partial charge on any atom is 0.329 e. The molecule has 15 heavy (non-hydrogen) atoms. The highest BCUT2D eigenvalue weighted by atomic mass is 16.4. The maximum absolute atomic E-state index is 10.2. The lowest BCUT2D eigenvalue weighted by Crippen LogP contribution is -1.94. The van der Waals surface area contributed by atoms with Gasteiger partial charge in [-0.15, -0.1) is 0 Å². The molecule has 0 spiro atoms. The van der Waals surface area contributed by atoms with Gasteiger partial charge in [-0.3, -0.25) is 0 Å². The molecule has 0 aliphatic rings. The Bertz CT molecular complexity index is 370. The van der Waals surface area contributed by atoms with E-state index in [4.69, 9.17) is 5.11 Å². The van der Waals surface area contributed by atoms with Crippen LogP contribution in [-0.4, -0.2) is 11.1 Å². The van der Waals surface area contributed by atoms with Crippen LogP contribution >= 0.6 is 0 Å². The van der Waals surface area contributed by atoms with Crippen molar-refractivity contribution in [3.8, 4) is 0 Å². The van der Waals surface area contributed by atoms with Crippen LogP contribution in [0.4, 0.5) is 5.69 Å². The van der Waals surface area contributed by atoms with Crippen LogP contribution in [0.3, 0.4) is 0 Å². The smallest absolute Gasteiger partial charge is 0.329 e. The van der Waals surface area contributed by atoms with E-state index in [0.29, 0.717) is 5.92 Å². The summed E-state index contributed by atoms with van der Waals surface area (Å²) in [5.41, 5.74) is 2.13. The maximum atomic E-state index is 10.2. The van der Waals surface area contributed by atoms with Gasteiger partial charge in [0, 0.05) is 18.0 Å². The first-order chi connectivity index (χ1) is 7.09. The van der Waals surface area contributed by atoms with E-state index in [1.807, 2.05) is 18.2 Å². The van der Waals surface area contributed by atoms with Gasteiger partial charge < -0.3 is 10.4 Å². The standard InChI is InChI=1S/C12H15NO2/c1-9(2)10-4-3-5-11(8-10)13-7-6-12(14)15/h3-9,13H,1-2H3,(H,14,15)/b7-6+. The molecule has 1 rings (SSSR count). The van der Waals surface area contributed by atoms with Crippen LogP contribution in [0.25, 0.3) is 0 Å². The molecule has 1 aromatic rings. The third-order valence-electron chi connectivity index (χ3n) is 2.03. The third kappa shape index (κ3) is 3.85.